The van der Waals surface area contributed by atoms with Gasteiger partial charge in [0.05, 0.1) is 4.92 Å². The van der Waals surface area contributed by atoms with Crippen LogP contribution in [-0.4, -0.2) is 55.0 Å². The van der Waals surface area contributed by atoms with Gasteiger partial charge in [-0.1, -0.05) is 12.1 Å². The summed E-state index contributed by atoms with van der Waals surface area (Å²) in [6.07, 6.45) is 0.892. The van der Waals surface area contributed by atoms with E-state index in [1.54, 1.807) is 0 Å². The van der Waals surface area contributed by atoms with Crippen LogP contribution in [-0.2, 0) is 16.4 Å². The van der Waals surface area contributed by atoms with Crippen molar-refractivity contribution in [2.24, 2.45) is 0 Å². The van der Waals surface area contributed by atoms with Crippen molar-refractivity contribution in [2.45, 2.75) is 18.4 Å². The van der Waals surface area contributed by atoms with Gasteiger partial charge >= 0.3 is 0 Å². The number of thioether (sulfide) groups is 1. The Bertz CT molecular complexity index is 1080. The van der Waals surface area contributed by atoms with Gasteiger partial charge < -0.3 is 5.32 Å². The summed E-state index contributed by atoms with van der Waals surface area (Å²) in [5.41, 5.74) is 2.05. The molecule has 0 atom stereocenters. The lowest BCUT2D eigenvalue weighted by atomic mass is 10.1. The number of nitro benzene ring substituents is 1. The Morgan fingerprint density at radius 3 is 2.50 bits per heavy atom. The van der Waals surface area contributed by atoms with Gasteiger partial charge in [-0.3, -0.25) is 19.8 Å². The Hall–Kier alpha value is -2.43. The molecule has 30 heavy (non-hydrogen) atoms. The van der Waals surface area contributed by atoms with Crippen LogP contribution < -0.4 is 5.32 Å². The van der Waals surface area contributed by atoms with Crippen molar-refractivity contribution in [2.75, 3.05) is 36.2 Å². The maximum atomic E-state index is 12.6. The highest BCUT2D eigenvalue weighted by Crippen LogP contribution is 2.26. The molecule has 0 bridgehead atoms. The van der Waals surface area contributed by atoms with Gasteiger partial charge in [-0.25, -0.2) is 8.42 Å². The van der Waals surface area contributed by atoms with Crippen LogP contribution in [0.4, 0.5) is 11.4 Å². The van der Waals surface area contributed by atoms with E-state index in [2.05, 4.69) is 10.2 Å². The third kappa shape index (κ3) is 5.38. The van der Waals surface area contributed by atoms with Gasteiger partial charge in [0.25, 0.3) is 11.6 Å². The molecule has 1 aliphatic heterocycles. The van der Waals surface area contributed by atoms with E-state index in [4.69, 9.17) is 0 Å². The van der Waals surface area contributed by atoms with Crippen LogP contribution in [0, 0.1) is 17.0 Å². The van der Waals surface area contributed by atoms with Gasteiger partial charge in [0.15, 0.2) is 9.84 Å². The number of aryl methyl sites for hydroxylation is 1. The number of nitrogens with zero attached hydrogens (tertiary/aromatic N) is 2. The zero-order valence-corrected chi connectivity index (χ0v) is 18.4. The zero-order valence-electron chi connectivity index (χ0n) is 16.8. The summed E-state index contributed by atoms with van der Waals surface area (Å²) >= 11 is 1.96. The average molecular weight is 450 g/mol. The van der Waals surface area contributed by atoms with Crippen molar-refractivity contribution >= 4 is 38.9 Å². The van der Waals surface area contributed by atoms with E-state index in [-0.39, 0.29) is 5.56 Å². The van der Waals surface area contributed by atoms with Gasteiger partial charge in [-0.15, -0.1) is 0 Å². The molecule has 8 nitrogen and oxygen atoms in total. The molecule has 0 saturated carbocycles. The number of rotatable bonds is 6. The van der Waals surface area contributed by atoms with Gasteiger partial charge in [0.1, 0.15) is 4.90 Å². The van der Waals surface area contributed by atoms with Crippen LogP contribution in [0.3, 0.4) is 0 Å². The Morgan fingerprint density at radius 1 is 1.20 bits per heavy atom. The van der Waals surface area contributed by atoms with Crippen molar-refractivity contribution < 1.29 is 18.1 Å². The molecule has 0 aromatic heterocycles. The lowest BCUT2D eigenvalue weighted by Crippen LogP contribution is -2.31. The molecule has 2 aromatic carbocycles. The Kier molecular flexibility index (Phi) is 6.79. The van der Waals surface area contributed by atoms with Gasteiger partial charge in [-0.05, 0) is 36.2 Å². The Morgan fingerprint density at radius 2 is 1.90 bits per heavy atom. The number of anilines is 1. The summed E-state index contributed by atoms with van der Waals surface area (Å²) in [5, 5.41) is 14.0. The number of sulfone groups is 1. The molecular weight excluding hydrogens is 426 g/mol. The van der Waals surface area contributed by atoms with Crippen LogP contribution in [0.5, 0.6) is 0 Å². The Balaban J connectivity index is 1.77. The first-order valence-corrected chi connectivity index (χ1v) is 12.4. The average Bonchev–Trinajstić information content (AvgIpc) is 2.69. The van der Waals surface area contributed by atoms with Gasteiger partial charge in [0.2, 0.25) is 0 Å². The summed E-state index contributed by atoms with van der Waals surface area (Å²) < 4.78 is 23.5. The van der Waals surface area contributed by atoms with Crippen molar-refractivity contribution in [3.63, 3.8) is 0 Å². The number of hydrogen-bond acceptors (Lipinski definition) is 7. The third-order valence-corrected chi connectivity index (χ3v) is 6.95. The number of benzene rings is 2. The standard InChI is InChI=1S/C20H23N3O5S2/c1-14-11-15(13-22-7-9-29-10-8-22)3-5-17(14)21-20(24)16-4-6-19(30(2,27)28)18(12-16)23(25)26/h3-6,11-12H,7-10,13H2,1-2H3,(H,21,24). The minimum Gasteiger partial charge on any atom is -0.322 e. The predicted molar refractivity (Wildman–Crippen MR) is 118 cm³/mol. The number of nitro groups is 1. The molecule has 160 valence electrons. The molecule has 1 fully saturated rings. The number of nitrogens with one attached hydrogen (secondary N) is 1. The molecule has 1 saturated heterocycles. The molecule has 3 rings (SSSR count). The minimum atomic E-state index is -3.78. The maximum absolute atomic E-state index is 12.6. The number of carbonyl (C=O) groups is 1. The second-order valence-corrected chi connectivity index (χ2v) is 10.4. The zero-order chi connectivity index (χ0) is 21.9. The molecule has 0 spiro atoms. The molecular formula is C20H23N3O5S2. The molecule has 1 N–H and O–H groups in total. The smallest absolute Gasteiger partial charge is 0.288 e. The lowest BCUT2D eigenvalue weighted by molar-refractivity contribution is -0.387. The quantitative estimate of drug-likeness (QED) is 0.533. The van der Waals surface area contributed by atoms with Crippen LogP contribution in [0.1, 0.15) is 21.5 Å². The second-order valence-electron chi connectivity index (χ2n) is 7.20. The lowest BCUT2D eigenvalue weighted by Gasteiger charge is -2.26. The minimum absolute atomic E-state index is 0.0170. The van der Waals surface area contributed by atoms with Crippen molar-refractivity contribution in [3.8, 4) is 0 Å². The SMILES string of the molecule is Cc1cc(CN2CCSCC2)ccc1NC(=O)c1ccc(S(C)(=O)=O)c([N+](=O)[O-])c1. The van der Waals surface area contributed by atoms with E-state index < -0.39 is 31.3 Å². The first-order chi connectivity index (χ1) is 14.1. The van der Waals surface area contributed by atoms with E-state index in [9.17, 15) is 23.3 Å². The first kappa shape index (κ1) is 22.3. The van der Waals surface area contributed by atoms with Crippen molar-refractivity contribution in [1.29, 1.82) is 0 Å². The highest BCUT2D eigenvalue weighted by atomic mass is 32.2. The van der Waals surface area contributed by atoms with Crippen LogP contribution in [0.25, 0.3) is 0 Å². The fraction of sp³-hybridized carbons (Fsp3) is 0.350. The summed E-state index contributed by atoms with van der Waals surface area (Å²) in [4.78, 5) is 25.1. The van der Waals surface area contributed by atoms with Crippen LogP contribution in [0.2, 0.25) is 0 Å². The summed E-state index contributed by atoms with van der Waals surface area (Å²) in [6, 6.07) is 9.16. The van der Waals surface area contributed by atoms with E-state index >= 15 is 0 Å². The van der Waals surface area contributed by atoms with E-state index in [1.165, 1.54) is 6.07 Å². The third-order valence-electron chi connectivity index (χ3n) is 4.87. The topological polar surface area (TPSA) is 110 Å². The molecule has 1 aliphatic rings. The highest BCUT2D eigenvalue weighted by molar-refractivity contribution is 7.99. The largest absolute Gasteiger partial charge is 0.322 e. The molecule has 1 heterocycles. The summed E-state index contributed by atoms with van der Waals surface area (Å²) in [7, 11) is -3.78. The van der Waals surface area contributed by atoms with E-state index in [0.717, 1.165) is 60.7 Å². The second kappa shape index (κ2) is 9.15. The fourth-order valence-corrected chi connectivity index (χ4v) is 5.10. The maximum Gasteiger partial charge on any atom is 0.288 e. The molecule has 0 aliphatic carbocycles. The van der Waals surface area contributed by atoms with Crippen LogP contribution >= 0.6 is 11.8 Å². The van der Waals surface area contributed by atoms with Crippen LogP contribution in [0.15, 0.2) is 41.3 Å². The van der Waals surface area contributed by atoms with Crippen molar-refractivity contribution in [1.82, 2.24) is 4.90 Å². The fourth-order valence-electron chi connectivity index (χ4n) is 3.29. The van der Waals surface area contributed by atoms with Gasteiger partial charge in [0, 0.05) is 54.7 Å². The first-order valence-electron chi connectivity index (χ1n) is 9.34. The summed E-state index contributed by atoms with van der Waals surface area (Å²) in [5.74, 6) is 1.73. The predicted octanol–water partition coefficient (Wildman–Crippen LogP) is 3.11. The monoisotopic (exact) mass is 449 g/mol. The number of carbonyl (C=O) groups excluding carboxylic acids is 1. The van der Waals surface area contributed by atoms with Crippen molar-refractivity contribution in [3.05, 3.63) is 63.2 Å². The normalized spacial score (nSPS) is 15.0. The molecule has 2 aromatic rings. The van der Waals surface area contributed by atoms with Gasteiger partial charge in [-0.2, -0.15) is 11.8 Å². The highest BCUT2D eigenvalue weighted by Gasteiger charge is 2.24. The summed E-state index contributed by atoms with van der Waals surface area (Å²) in [6.45, 7) is 4.87. The molecule has 1 amide bonds. The Labute approximate surface area is 179 Å². The molecule has 10 heteroatoms. The molecule has 0 radical (unpaired) electrons. The van der Waals surface area contributed by atoms with E-state index in [1.807, 2.05) is 36.9 Å². The number of hydrogen-bond donors (Lipinski definition) is 1. The molecule has 0 unspecified atom stereocenters. The number of amides is 1. The van der Waals surface area contributed by atoms with E-state index in [0.29, 0.717) is 5.69 Å².